The fraction of sp³-hybridized carbons (Fsp3) is 0.250. The molecule has 1 rings (SSSR count). The lowest BCUT2D eigenvalue weighted by Crippen LogP contribution is -2.02. The number of rotatable bonds is 2. The van der Waals surface area contributed by atoms with Crippen LogP contribution in [0.4, 0.5) is 0 Å². The van der Waals surface area contributed by atoms with Gasteiger partial charge in [0.2, 0.25) is 10.4 Å². The molecule has 0 aliphatic heterocycles. The maximum absolute atomic E-state index is 9.45. The van der Waals surface area contributed by atoms with Crippen LogP contribution in [-0.2, 0) is 14.6 Å². The Hall–Kier alpha value is -1.31. The van der Waals surface area contributed by atoms with Crippen molar-refractivity contribution >= 4 is 10.4 Å². The van der Waals surface area contributed by atoms with Crippen molar-refractivity contribution in [3.8, 4) is 11.5 Å². The number of benzene rings is 1. The Morgan fingerprint density at radius 2 is 1.53 bits per heavy atom. The zero-order chi connectivity index (χ0) is 11.9. The Bertz CT molecular complexity index is 348. The van der Waals surface area contributed by atoms with Gasteiger partial charge in [-0.2, -0.15) is 0 Å². The lowest BCUT2D eigenvalue weighted by Gasteiger charge is -2.02. The van der Waals surface area contributed by atoms with Crippen LogP contribution in [0, 0.1) is 0 Å². The third-order valence-corrected chi connectivity index (χ3v) is 1.64. The Labute approximate surface area is 87.7 Å². The van der Waals surface area contributed by atoms with Crippen LogP contribution in [0.5, 0.6) is 11.5 Å². The Morgan fingerprint density at radius 1 is 1.20 bits per heavy atom. The normalized spacial score (nSPS) is 10.3. The molecule has 0 saturated heterocycles. The van der Waals surface area contributed by atoms with E-state index in [0.29, 0.717) is 0 Å². The second-order valence-electron chi connectivity index (χ2n) is 2.33. The second kappa shape index (κ2) is 6.23. The van der Waals surface area contributed by atoms with Crippen LogP contribution in [0.2, 0.25) is 0 Å². The molecule has 0 radical (unpaired) electrons. The van der Waals surface area contributed by atoms with Crippen LogP contribution in [0.25, 0.3) is 0 Å². The summed E-state index contributed by atoms with van der Waals surface area (Å²) in [5, 5.41) is 17.3. The molecule has 0 aromatic heterocycles. The molecule has 0 heterocycles. The van der Waals surface area contributed by atoms with Crippen molar-refractivity contribution in [1.29, 1.82) is 0 Å². The van der Waals surface area contributed by atoms with Gasteiger partial charge in [0.25, 0.3) is 0 Å². The first kappa shape index (κ1) is 13.7. The molecule has 1 aromatic carbocycles. The second-order valence-corrected chi connectivity index (χ2v) is 3.38. The van der Waals surface area contributed by atoms with E-state index in [9.17, 15) is 13.0 Å². The predicted octanol–water partition coefficient (Wildman–Crippen LogP) is 0.581. The van der Waals surface area contributed by atoms with E-state index in [1.165, 1.54) is 31.2 Å². The fourth-order valence-corrected chi connectivity index (χ4v) is 0.886. The van der Waals surface area contributed by atoms with E-state index in [2.05, 4.69) is 4.18 Å². The van der Waals surface area contributed by atoms with Crippen molar-refractivity contribution in [3.63, 3.8) is 0 Å². The van der Waals surface area contributed by atoms with Gasteiger partial charge in [0.15, 0.2) is 0 Å². The van der Waals surface area contributed by atoms with Crippen molar-refractivity contribution in [1.82, 2.24) is 0 Å². The van der Waals surface area contributed by atoms with Gasteiger partial charge in [-0.25, -0.2) is 8.42 Å². The molecule has 0 aliphatic rings. The van der Waals surface area contributed by atoms with Crippen molar-refractivity contribution in [3.05, 3.63) is 24.3 Å². The summed E-state index contributed by atoms with van der Waals surface area (Å²) in [5.41, 5.74) is 0. The van der Waals surface area contributed by atoms with Gasteiger partial charge >= 0.3 is 0 Å². The highest BCUT2D eigenvalue weighted by atomic mass is 32.3. The average Bonchev–Trinajstić information content (AvgIpc) is 2.09. The van der Waals surface area contributed by atoms with Gasteiger partial charge < -0.3 is 14.8 Å². The first-order valence-electron chi connectivity index (χ1n) is 3.93. The van der Waals surface area contributed by atoms with Gasteiger partial charge in [0.1, 0.15) is 11.5 Å². The highest BCUT2D eigenvalue weighted by Gasteiger charge is 1.85. The van der Waals surface area contributed by atoms with Gasteiger partial charge in [0, 0.05) is 0 Å². The Morgan fingerprint density at radius 3 is 1.67 bits per heavy atom. The van der Waals surface area contributed by atoms with E-state index in [0.717, 1.165) is 0 Å². The highest BCUT2D eigenvalue weighted by Crippen LogP contribution is 2.13. The van der Waals surface area contributed by atoms with Crippen LogP contribution in [0.15, 0.2) is 24.3 Å². The van der Waals surface area contributed by atoms with Crippen LogP contribution in [-0.4, -0.2) is 29.8 Å². The molecule has 15 heavy (non-hydrogen) atoms. The molecule has 1 aromatic rings. The molecule has 7 heteroatoms. The minimum Gasteiger partial charge on any atom is -0.726 e. The van der Waals surface area contributed by atoms with Crippen molar-refractivity contribution in [2.24, 2.45) is 0 Å². The molecule has 0 saturated carbocycles. The monoisotopic (exact) mass is 235 g/mol. The average molecular weight is 235 g/mol. The molecule has 0 fully saturated rings. The van der Waals surface area contributed by atoms with Gasteiger partial charge in [-0.1, -0.05) is 0 Å². The van der Waals surface area contributed by atoms with Crippen molar-refractivity contribution in [2.75, 3.05) is 6.61 Å². The molecule has 0 aliphatic carbocycles. The molecule has 0 amide bonds. The number of aromatic hydroxyl groups is 2. The van der Waals surface area contributed by atoms with Crippen LogP contribution < -0.4 is 0 Å². The largest absolute Gasteiger partial charge is 0.726 e. The molecule has 0 spiro atoms. The molecular weight excluding hydrogens is 224 g/mol. The summed E-state index contributed by atoms with van der Waals surface area (Å²) in [6.45, 7) is 1.33. The van der Waals surface area contributed by atoms with Gasteiger partial charge in [-0.05, 0) is 31.2 Å². The molecule has 0 atom stereocenters. The number of phenolic OH excluding ortho intramolecular Hbond substituents is 2. The number of hydrogen-bond donors (Lipinski definition) is 2. The van der Waals surface area contributed by atoms with Crippen molar-refractivity contribution in [2.45, 2.75) is 6.92 Å². The third-order valence-electron chi connectivity index (χ3n) is 1.11. The summed E-state index contributed by atoms with van der Waals surface area (Å²) in [6.07, 6.45) is 0. The van der Waals surface area contributed by atoms with E-state index in [4.69, 9.17) is 10.2 Å². The van der Waals surface area contributed by atoms with E-state index in [1.54, 1.807) is 0 Å². The molecule has 0 bridgehead atoms. The number of phenols is 2. The summed E-state index contributed by atoms with van der Waals surface area (Å²) in [7, 11) is -4.42. The zero-order valence-electron chi connectivity index (χ0n) is 7.95. The highest BCUT2D eigenvalue weighted by molar-refractivity contribution is 7.80. The Kier molecular flexibility index (Phi) is 5.68. The SMILES string of the molecule is CCOS(=O)(=O)[O-].Oc1ccc(O)cc1. The van der Waals surface area contributed by atoms with Crippen LogP contribution in [0.1, 0.15) is 6.92 Å². The Balaban J connectivity index is 0.000000265. The molecule has 2 N–H and O–H groups in total. The lowest BCUT2D eigenvalue weighted by atomic mass is 10.3. The predicted molar refractivity (Wildman–Crippen MR) is 51.1 cm³/mol. The minimum atomic E-state index is -4.42. The fourth-order valence-electron chi connectivity index (χ4n) is 0.597. The minimum absolute atomic E-state index is 0.0914. The van der Waals surface area contributed by atoms with Crippen LogP contribution >= 0.6 is 0 Å². The first-order valence-corrected chi connectivity index (χ1v) is 5.26. The topological polar surface area (TPSA) is 107 Å². The molecule has 86 valence electrons. The number of hydrogen-bond acceptors (Lipinski definition) is 6. The maximum atomic E-state index is 9.45. The zero-order valence-corrected chi connectivity index (χ0v) is 8.77. The lowest BCUT2D eigenvalue weighted by molar-refractivity contribution is 0.275. The summed E-state index contributed by atoms with van der Waals surface area (Å²) in [5.74, 6) is 0.339. The first-order chi connectivity index (χ1) is 6.85. The summed E-state index contributed by atoms with van der Waals surface area (Å²) in [4.78, 5) is 0. The smallest absolute Gasteiger partial charge is 0.217 e. The standard InChI is InChI=1S/C6H6O2.C2H6O4S/c7-5-1-2-6(8)4-3-5;1-2-6-7(3,4)5/h1-4,7-8H;2H2,1H3,(H,3,4,5)/p-1. The summed E-state index contributed by atoms with van der Waals surface area (Å²) in [6, 6.07) is 5.70. The third kappa shape index (κ3) is 9.01. The van der Waals surface area contributed by atoms with E-state index in [1.807, 2.05) is 0 Å². The molecule has 6 nitrogen and oxygen atoms in total. The van der Waals surface area contributed by atoms with Crippen molar-refractivity contribution < 1.29 is 27.4 Å². The van der Waals surface area contributed by atoms with Gasteiger partial charge in [-0.15, -0.1) is 0 Å². The summed E-state index contributed by atoms with van der Waals surface area (Å²) < 4.78 is 32.0. The van der Waals surface area contributed by atoms with Gasteiger partial charge in [-0.3, -0.25) is 4.18 Å². The maximum Gasteiger partial charge on any atom is 0.217 e. The molecule has 0 unspecified atom stereocenters. The van der Waals surface area contributed by atoms with Gasteiger partial charge in [0.05, 0.1) is 6.61 Å². The van der Waals surface area contributed by atoms with E-state index < -0.39 is 10.4 Å². The van der Waals surface area contributed by atoms with E-state index in [-0.39, 0.29) is 18.1 Å². The van der Waals surface area contributed by atoms with E-state index >= 15 is 0 Å². The molecular formula is C8H11O6S-. The van der Waals surface area contributed by atoms with Crippen LogP contribution in [0.3, 0.4) is 0 Å². The summed E-state index contributed by atoms with van der Waals surface area (Å²) >= 11 is 0. The quantitative estimate of drug-likeness (QED) is 0.441.